The average molecular weight is 290 g/mol. The molecule has 1 unspecified atom stereocenters. The zero-order valence-electron chi connectivity index (χ0n) is 12.8. The lowest BCUT2D eigenvalue weighted by atomic mass is 10.00. The molecule has 0 aromatic rings. The van der Waals surface area contributed by atoms with Crippen LogP contribution in [0.5, 0.6) is 0 Å². The van der Waals surface area contributed by atoms with E-state index in [9.17, 15) is 4.79 Å². The molecule has 3 N–H and O–H groups in total. The van der Waals surface area contributed by atoms with Gasteiger partial charge in [0.05, 0.1) is 5.92 Å². The summed E-state index contributed by atoms with van der Waals surface area (Å²) in [6.45, 7) is 4.00. The van der Waals surface area contributed by atoms with Crippen molar-refractivity contribution in [2.45, 2.75) is 78.1 Å². The molecule has 1 aliphatic carbocycles. The second-order valence-electron chi connectivity index (χ2n) is 4.99. The lowest BCUT2D eigenvalue weighted by Crippen LogP contribution is -2.11. The van der Waals surface area contributed by atoms with Crippen molar-refractivity contribution in [3.8, 4) is 0 Å². The molecule has 0 aromatic heterocycles. The van der Waals surface area contributed by atoms with Crippen molar-refractivity contribution in [2.75, 3.05) is 0 Å². The summed E-state index contributed by atoms with van der Waals surface area (Å²) in [4.78, 5) is 19.0. The van der Waals surface area contributed by atoms with Crippen LogP contribution in [-0.2, 0) is 4.79 Å². The lowest BCUT2D eigenvalue weighted by Gasteiger charge is -2.06. The number of hydrogen-bond acceptors (Lipinski definition) is 2. The number of hydrogen-bond donors (Lipinski definition) is 3. The van der Waals surface area contributed by atoms with Crippen molar-refractivity contribution in [2.24, 2.45) is 5.92 Å². The minimum Gasteiger partial charge on any atom is -0.481 e. The van der Waals surface area contributed by atoms with Crippen LogP contribution in [0.3, 0.4) is 0 Å². The number of carboxylic acid groups (broad SMARTS) is 3. The molecule has 5 nitrogen and oxygen atoms in total. The second kappa shape index (κ2) is 15.8. The van der Waals surface area contributed by atoms with Crippen LogP contribution in [0.4, 0.5) is 4.79 Å². The Morgan fingerprint density at radius 2 is 1.25 bits per heavy atom. The molecule has 0 saturated heterocycles. The highest BCUT2D eigenvalue weighted by atomic mass is 16.6. The van der Waals surface area contributed by atoms with Gasteiger partial charge >= 0.3 is 12.1 Å². The van der Waals surface area contributed by atoms with Gasteiger partial charge in [-0.2, -0.15) is 0 Å². The van der Waals surface area contributed by atoms with E-state index in [-0.39, 0.29) is 5.92 Å². The third-order valence-electron chi connectivity index (χ3n) is 3.25. The third-order valence-corrected chi connectivity index (χ3v) is 3.25. The van der Waals surface area contributed by atoms with Gasteiger partial charge in [0.25, 0.3) is 0 Å². The maximum atomic E-state index is 10.4. The fourth-order valence-electron chi connectivity index (χ4n) is 2.01. The summed E-state index contributed by atoms with van der Waals surface area (Å²) in [5.41, 5.74) is 0. The third kappa shape index (κ3) is 19.1. The molecule has 1 rings (SSSR count). The lowest BCUT2D eigenvalue weighted by molar-refractivity contribution is -0.142. The Labute approximate surface area is 122 Å². The summed E-state index contributed by atoms with van der Waals surface area (Å²) < 4.78 is 0. The highest BCUT2D eigenvalue weighted by Crippen LogP contribution is 2.15. The summed E-state index contributed by atoms with van der Waals surface area (Å²) in [6, 6.07) is 0. The van der Waals surface area contributed by atoms with Crippen molar-refractivity contribution in [1.82, 2.24) is 0 Å². The molecule has 0 radical (unpaired) electrons. The fraction of sp³-hybridized carbons (Fsp3) is 0.867. The van der Waals surface area contributed by atoms with Gasteiger partial charge < -0.3 is 15.3 Å². The SMILES string of the molecule is C1CCCCC1.CCCCC(CC)C(=O)O.O=C(O)O. The van der Waals surface area contributed by atoms with Gasteiger partial charge in [-0.05, 0) is 12.8 Å². The van der Waals surface area contributed by atoms with Gasteiger partial charge in [-0.25, -0.2) is 4.79 Å². The van der Waals surface area contributed by atoms with E-state index in [1.807, 2.05) is 6.92 Å². The van der Waals surface area contributed by atoms with E-state index in [0.717, 1.165) is 25.7 Å². The monoisotopic (exact) mass is 290 g/mol. The molecule has 0 spiro atoms. The number of carbonyl (C=O) groups is 2. The minimum atomic E-state index is -1.83. The van der Waals surface area contributed by atoms with Gasteiger partial charge in [0, 0.05) is 0 Å². The predicted octanol–water partition coefficient (Wildman–Crippen LogP) is 4.85. The number of rotatable bonds is 5. The second-order valence-corrected chi connectivity index (χ2v) is 4.99. The molecule has 1 fully saturated rings. The van der Waals surface area contributed by atoms with Crippen LogP contribution in [0, 0.1) is 5.92 Å². The molecular weight excluding hydrogens is 260 g/mol. The van der Waals surface area contributed by atoms with Crippen LogP contribution in [-0.4, -0.2) is 27.4 Å². The zero-order valence-corrected chi connectivity index (χ0v) is 12.8. The molecule has 0 aromatic carbocycles. The standard InChI is InChI=1S/C8H16O2.C6H12.CH2O3/c1-3-5-6-7(4-2)8(9)10;1-2-4-6-5-3-1;2-1(3)4/h7H,3-6H2,1-2H3,(H,9,10);1-6H2;(H2,2,3,4). The largest absolute Gasteiger partial charge is 0.503 e. The Hall–Kier alpha value is -1.26. The maximum absolute atomic E-state index is 10.4. The Kier molecular flexibility index (Phi) is 16.6. The van der Waals surface area contributed by atoms with Gasteiger partial charge in [0.1, 0.15) is 0 Å². The van der Waals surface area contributed by atoms with Gasteiger partial charge in [0.15, 0.2) is 0 Å². The molecule has 20 heavy (non-hydrogen) atoms. The Morgan fingerprint density at radius 1 is 0.900 bits per heavy atom. The molecule has 0 heterocycles. The van der Waals surface area contributed by atoms with E-state index in [4.69, 9.17) is 20.1 Å². The van der Waals surface area contributed by atoms with E-state index in [1.165, 1.54) is 38.5 Å². The molecular formula is C15H30O5. The van der Waals surface area contributed by atoms with Crippen molar-refractivity contribution in [3.05, 3.63) is 0 Å². The summed E-state index contributed by atoms with van der Waals surface area (Å²) in [5.74, 6) is -0.754. The molecule has 1 atom stereocenters. The van der Waals surface area contributed by atoms with Gasteiger partial charge in [0.2, 0.25) is 0 Å². The highest BCUT2D eigenvalue weighted by Gasteiger charge is 2.12. The smallest absolute Gasteiger partial charge is 0.481 e. The summed E-state index contributed by atoms with van der Waals surface area (Å²) in [6.07, 6.45) is 10.9. The average Bonchev–Trinajstić information content (AvgIpc) is 2.41. The maximum Gasteiger partial charge on any atom is 0.503 e. The Morgan fingerprint density at radius 3 is 1.45 bits per heavy atom. The van der Waals surface area contributed by atoms with Crippen LogP contribution < -0.4 is 0 Å². The molecule has 0 bridgehead atoms. The summed E-state index contributed by atoms with van der Waals surface area (Å²) in [5, 5.41) is 22.5. The zero-order chi connectivity index (χ0) is 15.8. The van der Waals surface area contributed by atoms with E-state index in [1.54, 1.807) is 0 Å². The summed E-state index contributed by atoms with van der Waals surface area (Å²) in [7, 11) is 0. The molecule has 5 heteroatoms. The summed E-state index contributed by atoms with van der Waals surface area (Å²) >= 11 is 0. The molecule has 0 aliphatic heterocycles. The molecule has 1 saturated carbocycles. The van der Waals surface area contributed by atoms with Crippen molar-refractivity contribution >= 4 is 12.1 Å². The Bertz CT molecular complexity index is 221. The van der Waals surface area contributed by atoms with Gasteiger partial charge in [-0.15, -0.1) is 0 Å². The van der Waals surface area contributed by atoms with E-state index >= 15 is 0 Å². The molecule has 1 aliphatic rings. The van der Waals surface area contributed by atoms with E-state index < -0.39 is 12.1 Å². The number of aliphatic carboxylic acids is 1. The number of unbranched alkanes of at least 4 members (excludes halogenated alkanes) is 1. The van der Waals surface area contributed by atoms with Crippen molar-refractivity contribution in [3.63, 3.8) is 0 Å². The van der Waals surface area contributed by atoms with Crippen LogP contribution in [0.15, 0.2) is 0 Å². The van der Waals surface area contributed by atoms with Gasteiger partial charge in [-0.1, -0.05) is 65.2 Å². The molecule has 120 valence electrons. The van der Waals surface area contributed by atoms with Crippen molar-refractivity contribution in [1.29, 1.82) is 0 Å². The quantitative estimate of drug-likeness (QED) is 0.672. The minimum absolute atomic E-state index is 0.111. The van der Waals surface area contributed by atoms with Crippen LogP contribution in [0.1, 0.15) is 78.1 Å². The van der Waals surface area contributed by atoms with Crippen LogP contribution in [0.25, 0.3) is 0 Å². The number of carboxylic acids is 1. The first kappa shape index (κ1) is 21.0. The Balaban J connectivity index is 0. The first-order valence-electron chi connectivity index (χ1n) is 7.60. The highest BCUT2D eigenvalue weighted by molar-refractivity contribution is 5.69. The first-order chi connectivity index (χ1) is 9.45. The van der Waals surface area contributed by atoms with Gasteiger partial charge in [-0.3, -0.25) is 4.79 Å². The van der Waals surface area contributed by atoms with E-state index in [2.05, 4.69) is 6.92 Å². The van der Waals surface area contributed by atoms with Crippen LogP contribution in [0.2, 0.25) is 0 Å². The van der Waals surface area contributed by atoms with Crippen molar-refractivity contribution < 1.29 is 24.9 Å². The fourth-order valence-corrected chi connectivity index (χ4v) is 2.01. The van der Waals surface area contributed by atoms with E-state index in [0.29, 0.717) is 0 Å². The first-order valence-corrected chi connectivity index (χ1v) is 7.60. The predicted molar refractivity (Wildman–Crippen MR) is 79.3 cm³/mol. The molecule has 0 amide bonds. The topological polar surface area (TPSA) is 94.8 Å². The normalized spacial score (nSPS) is 14.9. The van der Waals surface area contributed by atoms with Crippen LogP contribution >= 0.6 is 0 Å².